The van der Waals surface area contributed by atoms with Crippen molar-refractivity contribution in [3.63, 3.8) is 0 Å². The first kappa shape index (κ1) is 14.0. The lowest BCUT2D eigenvalue weighted by molar-refractivity contribution is 0.303. The van der Waals surface area contributed by atoms with Crippen LogP contribution in [0, 0.1) is 0 Å². The maximum atomic E-state index is 8.85. The van der Waals surface area contributed by atoms with Gasteiger partial charge in [-0.15, -0.1) is 0 Å². The zero-order chi connectivity index (χ0) is 12.8. The molecule has 94 valence electrons. The van der Waals surface area contributed by atoms with Crippen LogP contribution in [0.15, 0.2) is 24.3 Å². The molecule has 0 spiro atoms. The molecule has 1 aromatic carbocycles. The van der Waals surface area contributed by atoms with Gasteiger partial charge in [0.05, 0.1) is 0 Å². The fraction of sp³-hybridized carbons (Fsp3) is 0.500. The average Bonchev–Trinajstić information content (AvgIpc) is 2.28. The molecule has 0 fully saturated rings. The van der Waals surface area contributed by atoms with E-state index in [2.05, 4.69) is 58.0 Å². The Morgan fingerprint density at radius 1 is 1.06 bits per heavy atom. The Balaban J connectivity index is 3.19. The van der Waals surface area contributed by atoms with Gasteiger partial charge in [0.2, 0.25) is 0 Å². The topological polar surface area (TPSA) is 20.2 Å². The van der Waals surface area contributed by atoms with Gasteiger partial charge in [0.15, 0.2) is 0 Å². The van der Waals surface area contributed by atoms with Crippen molar-refractivity contribution >= 4 is 6.08 Å². The highest BCUT2D eigenvalue weighted by atomic mass is 16.2. The SMILES string of the molecule is CC(C)c1cccc(C(C)C)c1C=CCCO. The second-order valence-corrected chi connectivity index (χ2v) is 5.07. The van der Waals surface area contributed by atoms with Crippen LogP contribution in [0.2, 0.25) is 0 Å². The van der Waals surface area contributed by atoms with E-state index in [1.165, 1.54) is 16.7 Å². The van der Waals surface area contributed by atoms with E-state index >= 15 is 0 Å². The molecule has 0 heterocycles. The molecule has 0 aliphatic carbocycles. The van der Waals surface area contributed by atoms with Gasteiger partial charge >= 0.3 is 0 Å². The third kappa shape index (κ3) is 3.71. The highest BCUT2D eigenvalue weighted by Gasteiger charge is 2.10. The predicted octanol–water partition coefficient (Wildman–Crippen LogP) is 4.33. The summed E-state index contributed by atoms with van der Waals surface area (Å²) >= 11 is 0. The molecule has 0 unspecified atom stereocenters. The second kappa shape index (κ2) is 6.61. The normalized spacial score (nSPS) is 11.9. The van der Waals surface area contributed by atoms with E-state index in [4.69, 9.17) is 5.11 Å². The average molecular weight is 232 g/mol. The molecule has 0 saturated carbocycles. The van der Waals surface area contributed by atoms with Crippen LogP contribution in [0.5, 0.6) is 0 Å². The third-order valence-corrected chi connectivity index (χ3v) is 3.00. The summed E-state index contributed by atoms with van der Waals surface area (Å²) < 4.78 is 0. The molecule has 0 aliphatic rings. The highest BCUT2D eigenvalue weighted by Crippen LogP contribution is 2.28. The fourth-order valence-electron chi connectivity index (χ4n) is 2.08. The largest absolute Gasteiger partial charge is 0.396 e. The number of hydrogen-bond donors (Lipinski definition) is 1. The molecule has 0 saturated heterocycles. The van der Waals surface area contributed by atoms with Crippen LogP contribution >= 0.6 is 0 Å². The molecule has 1 rings (SSSR count). The highest BCUT2D eigenvalue weighted by molar-refractivity contribution is 5.59. The molecule has 0 amide bonds. The van der Waals surface area contributed by atoms with Gasteiger partial charge in [0.25, 0.3) is 0 Å². The zero-order valence-electron chi connectivity index (χ0n) is 11.4. The molecule has 17 heavy (non-hydrogen) atoms. The second-order valence-electron chi connectivity index (χ2n) is 5.07. The van der Waals surface area contributed by atoms with Crippen molar-refractivity contribution in [3.8, 4) is 0 Å². The van der Waals surface area contributed by atoms with E-state index in [0.29, 0.717) is 11.8 Å². The first-order chi connectivity index (χ1) is 8.07. The van der Waals surface area contributed by atoms with Gasteiger partial charge in [0.1, 0.15) is 0 Å². The van der Waals surface area contributed by atoms with E-state index in [9.17, 15) is 0 Å². The Hall–Kier alpha value is -1.08. The van der Waals surface area contributed by atoms with Crippen molar-refractivity contribution < 1.29 is 5.11 Å². The predicted molar refractivity (Wildman–Crippen MR) is 75.4 cm³/mol. The van der Waals surface area contributed by atoms with Gasteiger partial charge < -0.3 is 5.11 Å². The monoisotopic (exact) mass is 232 g/mol. The van der Waals surface area contributed by atoms with E-state index in [1.54, 1.807) is 0 Å². The maximum Gasteiger partial charge on any atom is 0.0465 e. The minimum absolute atomic E-state index is 0.220. The smallest absolute Gasteiger partial charge is 0.0465 e. The molecule has 0 bridgehead atoms. The number of aliphatic hydroxyl groups is 1. The summed E-state index contributed by atoms with van der Waals surface area (Å²) in [7, 11) is 0. The number of benzene rings is 1. The maximum absolute atomic E-state index is 8.85. The Bertz CT molecular complexity index is 349. The molecule has 1 aromatic rings. The van der Waals surface area contributed by atoms with Crippen LogP contribution in [0.3, 0.4) is 0 Å². The minimum Gasteiger partial charge on any atom is -0.396 e. The van der Waals surface area contributed by atoms with E-state index in [0.717, 1.165) is 6.42 Å². The number of hydrogen-bond acceptors (Lipinski definition) is 1. The van der Waals surface area contributed by atoms with Crippen molar-refractivity contribution in [2.75, 3.05) is 6.61 Å². The standard InChI is InChI=1S/C16H24O/c1-12(2)14-9-7-10-15(13(3)4)16(14)8-5-6-11-17/h5,7-10,12-13,17H,6,11H2,1-4H3. The Morgan fingerprint density at radius 3 is 2.00 bits per heavy atom. The van der Waals surface area contributed by atoms with Crippen LogP contribution in [0.25, 0.3) is 6.08 Å². The quantitative estimate of drug-likeness (QED) is 0.801. The van der Waals surface area contributed by atoms with Crippen molar-refractivity contribution in [1.29, 1.82) is 0 Å². The summed E-state index contributed by atoms with van der Waals surface area (Å²) in [6.45, 7) is 9.12. The molecular formula is C16H24O. The van der Waals surface area contributed by atoms with E-state index in [1.807, 2.05) is 0 Å². The van der Waals surface area contributed by atoms with Crippen LogP contribution in [-0.4, -0.2) is 11.7 Å². The van der Waals surface area contributed by atoms with Gasteiger partial charge in [-0.05, 0) is 34.9 Å². The van der Waals surface area contributed by atoms with Gasteiger partial charge in [-0.2, -0.15) is 0 Å². The summed E-state index contributed by atoms with van der Waals surface area (Å²) in [5, 5.41) is 8.85. The van der Waals surface area contributed by atoms with E-state index in [-0.39, 0.29) is 6.61 Å². The molecule has 1 nitrogen and oxygen atoms in total. The van der Waals surface area contributed by atoms with Crippen molar-refractivity contribution in [2.45, 2.75) is 46.0 Å². The summed E-state index contributed by atoms with van der Waals surface area (Å²) in [6.07, 6.45) is 4.96. The molecule has 0 aromatic heterocycles. The Labute approximate surface area is 105 Å². The Morgan fingerprint density at radius 2 is 1.59 bits per heavy atom. The molecule has 0 aliphatic heterocycles. The molecular weight excluding hydrogens is 208 g/mol. The van der Waals surface area contributed by atoms with Crippen LogP contribution < -0.4 is 0 Å². The van der Waals surface area contributed by atoms with Crippen molar-refractivity contribution in [3.05, 3.63) is 41.0 Å². The molecule has 0 radical (unpaired) electrons. The number of aliphatic hydroxyl groups excluding tert-OH is 1. The van der Waals surface area contributed by atoms with Gasteiger partial charge in [-0.1, -0.05) is 58.0 Å². The van der Waals surface area contributed by atoms with Crippen LogP contribution in [0.4, 0.5) is 0 Å². The molecule has 1 N–H and O–H groups in total. The number of rotatable bonds is 5. The zero-order valence-corrected chi connectivity index (χ0v) is 11.4. The lowest BCUT2D eigenvalue weighted by Crippen LogP contribution is -1.99. The van der Waals surface area contributed by atoms with Gasteiger partial charge in [0, 0.05) is 6.61 Å². The Kier molecular flexibility index (Phi) is 5.43. The van der Waals surface area contributed by atoms with E-state index < -0.39 is 0 Å². The summed E-state index contributed by atoms with van der Waals surface area (Å²) in [5.41, 5.74) is 4.13. The summed E-state index contributed by atoms with van der Waals surface area (Å²) in [5.74, 6) is 1.06. The third-order valence-electron chi connectivity index (χ3n) is 3.00. The summed E-state index contributed by atoms with van der Waals surface area (Å²) in [6, 6.07) is 6.55. The fourth-order valence-corrected chi connectivity index (χ4v) is 2.08. The first-order valence-corrected chi connectivity index (χ1v) is 6.48. The summed E-state index contributed by atoms with van der Waals surface area (Å²) in [4.78, 5) is 0. The van der Waals surface area contributed by atoms with Crippen LogP contribution in [0.1, 0.15) is 62.6 Å². The van der Waals surface area contributed by atoms with Gasteiger partial charge in [-0.25, -0.2) is 0 Å². The van der Waals surface area contributed by atoms with Crippen LogP contribution in [-0.2, 0) is 0 Å². The minimum atomic E-state index is 0.220. The van der Waals surface area contributed by atoms with Gasteiger partial charge in [-0.3, -0.25) is 0 Å². The molecule has 1 heteroatoms. The van der Waals surface area contributed by atoms with Crippen molar-refractivity contribution in [2.24, 2.45) is 0 Å². The van der Waals surface area contributed by atoms with Crippen molar-refractivity contribution in [1.82, 2.24) is 0 Å². The molecule has 0 atom stereocenters. The lowest BCUT2D eigenvalue weighted by atomic mass is 9.88. The lowest BCUT2D eigenvalue weighted by Gasteiger charge is -2.17. The first-order valence-electron chi connectivity index (χ1n) is 6.48.